The zero-order valence-electron chi connectivity index (χ0n) is 16.1. The maximum atomic E-state index is 12.6. The monoisotopic (exact) mass is 448 g/mol. The molecule has 2 heterocycles. The number of hydrogen-bond donors (Lipinski definition) is 1. The molecule has 148 valence electrons. The SMILES string of the molecule is CCn1c(=O)c2[nH]c(/C=C/c3cc(OC)c(OC)cc3Br)nc2n(CC)c1=O. The van der Waals surface area contributed by atoms with Gasteiger partial charge in [0.25, 0.3) is 5.56 Å². The Kier molecular flexibility index (Phi) is 5.73. The van der Waals surface area contributed by atoms with E-state index in [-0.39, 0.29) is 11.2 Å². The average molecular weight is 449 g/mol. The quantitative estimate of drug-likeness (QED) is 0.625. The summed E-state index contributed by atoms with van der Waals surface area (Å²) >= 11 is 3.51. The molecular formula is C19H21BrN4O4. The molecule has 0 aliphatic heterocycles. The lowest BCUT2D eigenvalue weighted by Crippen LogP contribution is -2.39. The number of fused-ring (bicyclic) bond motifs is 1. The molecule has 8 nitrogen and oxygen atoms in total. The lowest BCUT2D eigenvalue weighted by molar-refractivity contribution is 0.354. The summed E-state index contributed by atoms with van der Waals surface area (Å²) in [5, 5.41) is 0. The Hall–Kier alpha value is -2.81. The second-order valence-corrected chi connectivity index (χ2v) is 6.81. The van der Waals surface area contributed by atoms with E-state index in [9.17, 15) is 9.59 Å². The minimum atomic E-state index is -0.369. The first kappa shape index (κ1) is 19.9. The van der Waals surface area contributed by atoms with Crippen LogP contribution in [-0.2, 0) is 13.1 Å². The van der Waals surface area contributed by atoms with Crippen molar-refractivity contribution in [3.63, 3.8) is 0 Å². The van der Waals surface area contributed by atoms with Crippen LogP contribution >= 0.6 is 15.9 Å². The van der Waals surface area contributed by atoms with Crippen molar-refractivity contribution >= 4 is 39.2 Å². The van der Waals surface area contributed by atoms with E-state index < -0.39 is 0 Å². The highest BCUT2D eigenvalue weighted by Gasteiger charge is 2.15. The molecule has 0 aliphatic rings. The van der Waals surface area contributed by atoms with Gasteiger partial charge in [0.15, 0.2) is 17.1 Å². The van der Waals surface area contributed by atoms with Crippen LogP contribution in [0.5, 0.6) is 11.5 Å². The third kappa shape index (κ3) is 3.37. The molecule has 0 spiro atoms. The summed E-state index contributed by atoms with van der Waals surface area (Å²) in [6, 6.07) is 3.64. The van der Waals surface area contributed by atoms with Gasteiger partial charge in [-0.2, -0.15) is 0 Å². The minimum Gasteiger partial charge on any atom is -0.493 e. The molecule has 0 bridgehead atoms. The Morgan fingerprint density at radius 2 is 1.71 bits per heavy atom. The number of nitrogens with zero attached hydrogens (tertiary/aromatic N) is 3. The first-order chi connectivity index (χ1) is 13.4. The Morgan fingerprint density at radius 3 is 2.32 bits per heavy atom. The third-order valence-electron chi connectivity index (χ3n) is 4.44. The van der Waals surface area contributed by atoms with Crippen molar-refractivity contribution in [2.45, 2.75) is 26.9 Å². The Balaban J connectivity index is 2.10. The Bertz CT molecular complexity index is 1170. The Labute approximate surface area is 169 Å². The molecule has 28 heavy (non-hydrogen) atoms. The summed E-state index contributed by atoms with van der Waals surface area (Å²) in [5.41, 5.74) is 0.790. The second-order valence-electron chi connectivity index (χ2n) is 5.96. The topological polar surface area (TPSA) is 91.1 Å². The van der Waals surface area contributed by atoms with Gasteiger partial charge in [0.05, 0.1) is 14.2 Å². The smallest absolute Gasteiger partial charge is 0.332 e. The van der Waals surface area contributed by atoms with Gasteiger partial charge in [-0.05, 0) is 37.6 Å². The largest absolute Gasteiger partial charge is 0.493 e. The number of aromatic amines is 1. The molecule has 0 saturated carbocycles. The van der Waals surface area contributed by atoms with Gasteiger partial charge in [0, 0.05) is 17.6 Å². The predicted molar refractivity (Wildman–Crippen MR) is 112 cm³/mol. The van der Waals surface area contributed by atoms with Crippen molar-refractivity contribution in [3.8, 4) is 11.5 Å². The molecule has 1 N–H and O–H groups in total. The van der Waals surface area contributed by atoms with Crippen molar-refractivity contribution in [2.24, 2.45) is 0 Å². The molecule has 9 heteroatoms. The van der Waals surface area contributed by atoms with Crippen LogP contribution in [0.2, 0.25) is 0 Å². The molecule has 0 radical (unpaired) electrons. The van der Waals surface area contributed by atoms with Crippen LogP contribution in [0.3, 0.4) is 0 Å². The number of H-pyrrole nitrogens is 1. The molecule has 0 saturated heterocycles. The maximum absolute atomic E-state index is 12.6. The number of methoxy groups -OCH3 is 2. The molecule has 0 aliphatic carbocycles. The standard InChI is InChI=1S/C19H21BrN4O4/c1-5-23-17-16(18(25)24(6-2)19(23)26)21-15(22-17)8-7-11-9-13(27-3)14(28-4)10-12(11)20/h7-10H,5-6H2,1-4H3,(H,21,22)/b8-7+. The van der Waals surface area contributed by atoms with Crippen LogP contribution < -0.4 is 20.7 Å². The molecule has 2 aromatic heterocycles. The number of hydrogen-bond acceptors (Lipinski definition) is 5. The van der Waals surface area contributed by atoms with E-state index in [0.29, 0.717) is 41.6 Å². The maximum Gasteiger partial charge on any atom is 0.332 e. The third-order valence-corrected chi connectivity index (χ3v) is 5.12. The normalized spacial score (nSPS) is 11.5. The second kappa shape index (κ2) is 8.05. The summed E-state index contributed by atoms with van der Waals surface area (Å²) in [4.78, 5) is 32.5. The number of benzene rings is 1. The van der Waals surface area contributed by atoms with Crippen molar-refractivity contribution in [1.29, 1.82) is 0 Å². The molecule has 3 rings (SSSR count). The van der Waals surface area contributed by atoms with E-state index in [1.165, 1.54) is 9.13 Å². The first-order valence-corrected chi connectivity index (χ1v) is 9.57. The van der Waals surface area contributed by atoms with E-state index in [2.05, 4.69) is 25.9 Å². The van der Waals surface area contributed by atoms with E-state index in [1.807, 2.05) is 25.1 Å². The van der Waals surface area contributed by atoms with E-state index >= 15 is 0 Å². The van der Waals surface area contributed by atoms with Gasteiger partial charge in [-0.25, -0.2) is 9.78 Å². The van der Waals surface area contributed by atoms with Gasteiger partial charge in [0.2, 0.25) is 0 Å². The van der Waals surface area contributed by atoms with E-state index in [1.54, 1.807) is 27.2 Å². The zero-order valence-corrected chi connectivity index (χ0v) is 17.7. The average Bonchev–Trinajstić information content (AvgIpc) is 3.11. The number of aromatic nitrogens is 4. The first-order valence-electron chi connectivity index (χ1n) is 8.78. The van der Waals surface area contributed by atoms with Crippen LogP contribution in [0.1, 0.15) is 25.2 Å². The number of imidazole rings is 1. The highest BCUT2D eigenvalue weighted by molar-refractivity contribution is 9.10. The molecule has 0 unspecified atom stereocenters. The van der Waals surface area contributed by atoms with Crippen LogP contribution in [0.15, 0.2) is 26.2 Å². The fraction of sp³-hybridized carbons (Fsp3) is 0.316. The summed E-state index contributed by atoms with van der Waals surface area (Å²) in [7, 11) is 3.14. The van der Waals surface area contributed by atoms with Crippen molar-refractivity contribution in [2.75, 3.05) is 14.2 Å². The molecule has 1 aromatic carbocycles. The predicted octanol–water partition coefficient (Wildman–Crippen LogP) is 2.88. The van der Waals surface area contributed by atoms with Gasteiger partial charge < -0.3 is 14.5 Å². The number of aryl methyl sites for hydroxylation is 1. The van der Waals surface area contributed by atoms with E-state index in [4.69, 9.17) is 9.47 Å². The van der Waals surface area contributed by atoms with Crippen LogP contribution in [0, 0.1) is 0 Å². The van der Waals surface area contributed by atoms with Crippen molar-refractivity contribution < 1.29 is 9.47 Å². The molecule has 0 atom stereocenters. The van der Waals surface area contributed by atoms with Crippen LogP contribution in [0.25, 0.3) is 23.3 Å². The van der Waals surface area contributed by atoms with Crippen LogP contribution in [-0.4, -0.2) is 33.3 Å². The molecular weight excluding hydrogens is 428 g/mol. The number of rotatable bonds is 6. The number of halogens is 1. The van der Waals surface area contributed by atoms with Crippen molar-refractivity contribution in [1.82, 2.24) is 19.1 Å². The molecule has 0 fully saturated rings. The fourth-order valence-corrected chi connectivity index (χ4v) is 3.45. The van der Waals surface area contributed by atoms with E-state index in [0.717, 1.165) is 10.0 Å². The van der Waals surface area contributed by atoms with Gasteiger partial charge in [0.1, 0.15) is 11.3 Å². The summed E-state index contributed by atoms with van der Waals surface area (Å²) in [6.45, 7) is 4.33. The van der Waals surface area contributed by atoms with Gasteiger partial charge in [-0.3, -0.25) is 13.9 Å². The summed E-state index contributed by atoms with van der Waals surface area (Å²) in [6.07, 6.45) is 3.57. The lowest BCUT2D eigenvalue weighted by Gasteiger charge is -2.09. The lowest BCUT2D eigenvalue weighted by atomic mass is 10.2. The highest BCUT2D eigenvalue weighted by atomic mass is 79.9. The summed E-state index contributed by atoms with van der Waals surface area (Å²) < 4.78 is 14.1. The highest BCUT2D eigenvalue weighted by Crippen LogP contribution is 2.34. The van der Waals surface area contributed by atoms with Gasteiger partial charge >= 0.3 is 5.69 Å². The summed E-state index contributed by atoms with van der Waals surface area (Å²) in [5.74, 6) is 1.69. The fourth-order valence-electron chi connectivity index (χ4n) is 2.99. The number of nitrogens with one attached hydrogen (secondary N) is 1. The molecule has 3 aromatic rings. The van der Waals surface area contributed by atoms with Crippen LogP contribution in [0.4, 0.5) is 0 Å². The zero-order chi connectivity index (χ0) is 20.4. The van der Waals surface area contributed by atoms with Gasteiger partial charge in [-0.15, -0.1) is 0 Å². The minimum absolute atomic E-state index is 0.302. The Morgan fingerprint density at radius 1 is 1.07 bits per heavy atom. The van der Waals surface area contributed by atoms with Crippen molar-refractivity contribution in [3.05, 3.63) is 48.8 Å². The van der Waals surface area contributed by atoms with Gasteiger partial charge in [-0.1, -0.05) is 22.0 Å². The number of ether oxygens (including phenoxy) is 2. The molecule has 0 amide bonds.